The molecule has 40 heavy (non-hydrogen) atoms. The number of hydrogen-bond acceptors (Lipinski definition) is 3. The highest BCUT2D eigenvalue weighted by molar-refractivity contribution is 9.10. The van der Waals surface area contributed by atoms with Gasteiger partial charge in [-0.15, -0.1) is 0 Å². The first-order valence-electron chi connectivity index (χ1n) is 14.4. The third-order valence-corrected chi connectivity index (χ3v) is 8.42. The van der Waals surface area contributed by atoms with Gasteiger partial charge in [0.2, 0.25) is 5.91 Å². The van der Waals surface area contributed by atoms with Crippen LogP contribution in [0.1, 0.15) is 74.1 Å². The van der Waals surface area contributed by atoms with Crippen molar-refractivity contribution in [3.05, 3.63) is 99.5 Å². The molecule has 0 unspecified atom stereocenters. The molecular weight excluding hydrogens is 564 g/mol. The average molecular weight is 606 g/mol. The average Bonchev–Trinajstić information content (AvgIpc) is 2.96. The zero-order chi connectivity index (χ0) is 28.5. The van der Waals surface area contributed by atoms with Gasteiger partial charge in [-0.3, -0.25) is 9.59 Å². The van der Waals surface area contributed by atoms with Gasteiger partial charge in [0.15, 0.2) is 6.61 Å². The summed E-state index contributed by atoms with van der Waals surface area (Å²) < 4.78 is 6.86. The molecule has 3 aromatic carbocycles. The van der Waals surface area contributed by atoms with Crippen molar-refractivity contribution in [2.45, 2.75) is 83.8 Å². The summed E-state index contributed by atoms with van der Waals surface area (Å²) in [6.45, 7) is 6.49. The zero-order valence-corrected chi connectivity index (χ0v) is 25.5. The molecule has 6 heteroatoms. The molecule has 1 aliphatic carbocycles. The molecule has 0 saturated heterocycles. The van der Waals surface area contributed by atoms with E-state index in [1.165, 1.54) is 12.0 Å². The summed E-state index contributed by atoms with van der Waals surface area (Å²) in [6, 6.07) is 23.4. The lowest BCUT2D eigenvalue weighted by atomic mass is 9.94. The monoisotopic (exact) mass is 604 g/mol. The van der Waals surface area contributed by atoms with Gasteiger partial charge < -0.3 is 15.0 Å². The second-order valence-electron chi connectivity index (χ2n) is 11.1. The van der Waals surface area contributed by atoms with Crippen molar-refractivity contribution in [3.63, 3.8) is 0 Å². The maximum Gasteiger partial charge on any atom is 0.261 e. The van der Waals surface area contributed by atoms with E-state index in [0.29, 0.717) is 24.6 Å². The van der Waals surface area contributed by atoms with E-state index >= 15 is 0 Å². The Balaban J connectivity index is 1.62. The van der Waals surface area contributed by atoms with E-state index < -0.39 is 6.04 Å². The molecule has 0 heterocycles. The van der Waals surface area contributed by atoms with Crippen molar-refractivity contribution in [3.8, 4) is 5.75 Å². The van der Waals surface area contributed by atoms with Crippen LogP contribution < -0.4 is 10.1 Å². The fourth-order valence-electron chi connectivity index (χ4n) is 5.28. The summed E-state index contributed by atoms with van der Waals surface area (Å²) in [4.78, 5) is 29.6. The Kier molecular flexibility index (Phi) is 10.8. The number of ether oxygens (including phenoxy) is 1. The normalized spacial score (nSPS) is 14.5. The topological polar surface area (TPSA) is 58.6 Å². The Morgan fingerprint density at radius 1 is 0.975 bits per heavy atom. The van der Waals surface area contributed by atoms with E-state index in [1.54, 1.807) is 4.90 Å². The van der Waals surface area contributed by atoms with E-state index in [-0.39, 0.29) is 24.5 Å². The van der Waals surface area contributed by atoms with E-state index in [9.17, 15) is 9.59 Å². The predicted molar refractivity (Wildman–Crippen MR) is 164 cm³/mol. The number of hydrogen-bond donors (Lipinski definition) is 1. The first-order valence-corrected chi connectivity index (χ1v) is 15.2. The molecule has 5 nitrogen and oxygen atoms in total. The second-order valence-corrected chi connectivity index (χ2v) is 12.0. The number of benzene rings is 3. The number of carbonyl (C=O) groups excluding carboxylic acids is 2. The molecule has 4 rings (SSSR count). The fraction of sp³-hybridized carbons (Fsp3) is 0.412. The third kappa shape index (κ3) is 8.20. The van der Waals surface area contributed by atoms with Gasteiger partial charge in [0.05, 0.1) is 4.47 Å². The van der Waals surface area contributed by atoms with Crippen molar-refractivity contribution in [2.75, 3.05) is 6.61 Å². The Labute approximate surface area is 247 Å². The Morgan fingerprint density at radius 3 is 2.35 bits per heavy atom. The standard InChI is InChI=1S/C34H41BrN2O3/c1-24(2)27-18-19-32(30(35)21-27)40-23-33(38)37(22-28-15-11-10-12-25(28)3)31(20-26-13-6-4-7-14-26)34(39)36-29-16-8-5-9-17-29/h4,6-7,10-15,18-19,21,24,29,31H,5,8-9,16-17,20,22-23H2,1-3H3,(H,36,39)/t31-/m1/s1. The van der Waals surface area contributed by atoms with Crippen LogP contribution in [0.2, 0.25) is 0 Å². The van der Waals surface area contributed by atoms with E-state index in [0.717, 1.165) is 46.8 Å². The molecule has 1 atom stereocenters. The van der Waals surface area contributed by atoms with Crippen LogP contribution in [0.5, 0.6) is 5.75 Å². The van der Waals surface area contributed by atoms with Gasteiger partial charge in [-0.2, -0.15) is 0 Å². The van der Waals surface area contributed by atoms with E-state index in [2.05, 4.69) is 35.1 Å². The maximum atomic E-state index is 14.0. The number of aryl methyl sites for hydroxylation is 1. The van der Waals surface area contributed by atoms with Crippen molar-refractivity contribution in [1.29, 1.82) is 0 Å². The molecule has 1 saturated carbocycles. The first-order chi connectivity index (χ1) is 19.3. The summed E-state index contributed by atoms with van der Waals surface area (Å²) in [5.41, 5.74) is 4.30. The predicted octanol–water partition coefficient (Wildman–Crippen LogP) is 7.35. The molecule has 0 radical (unpaired) electrons. The summed E-state index contributed by atoms with van der Waals surface area (Å²) in [5, 5.41) is 3.29. The smallest absolute Gasteiger partial charge is 0.261 e. The fourth-order valence-corrected chi connectivity index (χ4v) is 5.80. The van der Waals surface area contributed by atoms with Crippen LogP contribution in [0.4, 0.5) is 0 Å². The van der Waals surface area contributed by atoms with Crippen molar-refractivity contribution < 1.29 is 14.3 Å². The number of amides is 2. The molecule has 0 aliphatic heterocycles. The third-order valence-electron chi connectivity index (χ3n) is 7.80. The molecule has 1 fully saturated rings. The lowest BCUT2D eigenvalue weighted by Crippen LogP contribution is -2.53. The van der Waals surface area contributed by atoms with E-state index in [1.807, 2.05) is 79.7 Å². The highest BCUT2D eigenvalue weighted by Crippen LogP contribution is 2.29. The minimum Gasteiger partial charge on any atom is -0.483 e. The van der Waals surface area contributed by atoms with Crippen LogP contribution in [-0.2, 0) is 22.6 Å². The zero-order valence-electron chi connectivity index (χ0n) is 23.9. The molecule has 3 aromatic rings. The van der Waals surface area contributed by atoms with Gasteiger partial charge in [0.25, 0.3) is 5.91 Å². The van der Waals surface area contributed by atoms with Crippen LogP contribution >= 0.6 is 15.9 Å². The Hall–Kier alpha value is -3.12. The highest BCUT2D eigenvalue weighted by Gasteiger charge is 2.32. The van der Waals surface area contributed by atoms with Crippen LogP contribution in [0.15, 0.2) is 77.3 Å². The van der Waals surface area contributed by atoms with Crippen LogP contribution in [-0.4, -0.2) is 35.4 Å². The molecule has 1 aliphatic rings. The van der Waals surface area contributed by atoms with Gasteiger partial charge in [-0.1, -0.05) is 93.8 Å². The number of nitrogens with zero attached hydrogens (tertiary/aromatic N) is 1. The molecule has 212 valence electrons. The molecule has 0 bridgehead atoms. The summed E-state index contributed by atoms with van der Waals surface area (Å²) >= 11 is 3.60. The number of halogens is 1. The number of carbonyl (C=O) groups is 2. The second kappa shape index (κ2) is 14.5. The van der Waals surface area contributed by atoms with Gasteiger partial charge >= 0.3 is 0 Å². The summed E-state index contributed by atoms with van der Waals surface area (Å²) in [5.74, 6) is 0.681. The van der Waals surface area contributed by atoms with Crippen molar-refractivity contribution in [2.24, 2.45) is 0 Å². The van der Waals surface area contributed by atoms with Crippen LogP contribution in [0.3, 0.4) is 0 Å². The number of rotatable bonds is 11. The first kappa shape index (κ1) is 29.9. The quantitative estimate of drug-likeness (QED) is 0.249. The molecule has 0 aromatic heterocycles. The lowest BCUT2D eigenvalue weighted by molar-refractivity contribution is -0.143. The van der Waals surface area contributed by atoms with Gasteiger partial charge in [-0.05, 0) is 76.0 Å². The Morgan fingerprint density at radius 2 is 1.68 bits per heavy atom. The van der Waals surface area contributed by atoms with Gasteiger partial charge in [0.1, 0.15) is 11.8 Å². The largest absolute Gasteiger partial charge is 0.483 e. The van der Waals surface area contributed by atoms with Gasteiger partial charge in [-0.25, -0.2) is 0 Å². The molecular formula is C34H41BrN2O3. The highest BCUT2D eigenvalue weighted by atomic mass is 79.9. The number of nitrogens with one attached hydrogen (secondary N) is 1. The van der Waals surface area contributed by atoms with Crippen LogP contribution in [0.25, 0.3) is 0 Å². The summed E-state index contributed by atoms with van der Waals surface area (Å²) in [6.07, 6.45) is 5.86. The minimum absolute atomic E-state index is 0.0971. The minimum atomic E-state index is -0.660. The molecule has 0 spiro atoms. The molecule has 1 N–H and O–H groups in total. The SMILES string of the molecule is Cc1ccccc1CN(C(=O)COc1ccc(C(C)C)cc1Br)[C@H](Cc1ccccc1)C(=O)NC1CCCCC1. The van der Waals surface area contributed by atoms with Crippen molar-refractivity contribution >= 4 is 27.7 Å². The van der Waals surface area contributed by atoms with E-state index in [4.69, 9.17) is 4.74 Å². The lowest BCUT2D eigenvalue weighted by Gasteiger charge is -2.33. The molecule has 2 amide bonds. The maximum absolute atomic E-state index is 14.0. The van der Waals surface area contributed by atoms with Crippen molar-refractivity contribution in [1.82, 2.24) is 10.2 Å². The van der Waals surface area contributed by atoms with Crippen LogP contribution in [0, 0.1) is 6.92 Å². The van der Waals surface area contributed by atoms with Gasteiger partial charge in [0, 0.05) is 19.0 Å². The Bertz CT molecular complexity index is 1270. The summed E-state index contributed by atoms with van der Waals surface area (Å²) in [7, 11) is 0.